The quantitative estimate of drug-likeness (QED) is 0.625. The lowest BCUT2D eigenvalue weighted by Gasteiger charge is -2.26. The van der Waals surface area contributed by atoms with E-state index in [-0.39, 0.29) is 13.2 Å². The van der Waals surface area contributed by atoms with E-state index in [0.29, 0.717) is 0 Å². The third kappa shape index (κ3) is 10.8. The summed E-state index contributed by atoms with van der Waals surface area (Å²) in [6, 6.07) is 7.24. The van der Waals surface area contributed by atoms with Crippen LogP contribution in [0.3, 0.4) is 0 Å². The van der Waals surface area contributed by atoms with Crippen molar-refractivity contribution in [2.75, 3.05) is 6.61 Å². The van der Waals surface area contributed by atoms with Crippen LogP contribution in [0.25, 0.3) is 0 Å². The molecular formula is C22H34N2O6. The van der Waals surface area contributed by atoms with Crippen LogP contribution in [0.2, 0.25) is 0 Å². The van der Waals surface area contributed by atoms with Gasteiger partial charge in [-0.3, -0.25) is 4.79 Å². The Balaban J connectivity index is 2.72. The summed E-state index contributed by atoms with van der Waals surface area (Å²) >= 11 is 0. The van der Waals surface area contributed by atoms with Gasteiger partial charge >= 0.3 is 12.1 Å². The average molecular weight is 423 g/mol. The van der Waals surface area contributed by atoms with Gasteiger partial charge in [0.15, 0.2) is 0 Å². The molecule has 1 rings (SSSR count). The number of carbonyl (C=O) groups is 3. The Morgan fingerprint density at radius 2 is 1.53 bits per heavy atom. The van der Waals surface area contributed by atoms with E-state index in [0.717, 1.165) is 5.56 Å². The van der Waals surface area contributed by atoms with Crippen LogP contribution >= 0.6 is 0 Å². The second-order valence-electron chi connectivity index (χ2n) is 8.95. The number of amides is 2. The van der Waals surface area contributed by atoms with Gasteiger partial charge in [-0.25, -0.2) is 9.59 Å². The SMILES string of the molecule is CC(NC(=O)C(COC(C)(C)C)NC(=O)OCc1ccccc1)C(=O)OC(C)(C)C. The summed E-state index contributed by atoms with van der Waals surface area (Å²) in [4.78, 5) is 37.0. The van der Waals surface area contributed by atoms with E-state index in [9.17, 15) is 14.4 Å². The summed E-state index contributed by atoms with van der Waals surface area (Å²) in [6.07, 6.45) is -0.763. The number of esters is 1. The van der Waals surface area contributed by atoms with E-state index >= 15 is 0 Å². The van der Waals surface area contributed by atoms with E-state index in [4.69, 9.17) is 14.2 Å². The minimum atomic E-state index is -1.04. The highest BCUT2D eigenvalue weighted by atomic mass is 16.6. The van der Waals surface area contributed by atoms with E-state index in [1.54, 1.807) is 20.8 Å². The third-order valence-electron chi connectivity index (χ3n) is 3.62. The lowest BCUT2D eigenvalue weighted by atomic mass is 10.2. The van der Waals surface area contributed by atoms with Gasteiger partial charge in [0, 0.05) is 0 Å². The number of alkyl carbamates (subject to hydrolysis) is 1. The highest BCUT2D eigenvalue weighted by Crippen LogP contribution is 2.10. The molecular weight excluding hydrogens is 388 g/mol. The standard InChI is InChI=1S/C22H34N2O6/c1-15(19(26)30-22(5,6)7)23-18(25)17(14-29-21(2,3)4)24-20(27)28-13-16-11-9-8-10-12-16/h8-12,15,17H,13-14H2,1-7H3,(H,23,25)(H,24,27). The molecule has 0 saturated carbocycles. The van der Waals surface area contributed by atoms with Crippen molar-refractivity contribution in [3.8, 4) is 0 Å². The summed E-state index contributed by atoms with van der Waals surface area (Å²) in [5.74, 6) is -1.15. The zero-order valence-electron chi connectivity index (χ0n) is 18.9. The Labute approximate surface area is 178 Å². The maximum Gasteiger partial charge on any atom is 0.408 e. The number of hydrogen-bond acceptors (Lipinski definition) is 6. The summed E-state index contributed by atoms with van der Waals surface area (Å²) < 4.78 is 16.1. The molecule has 8 heteroatoms. The molecule has 0 bridgehead atoms. The average Bonchev–Trinajstić information content (AvgIpc) is 2.62. The van der Waals surface area contributed by atoms with Crippen molar-refractivity contribution in [1.29, 1.82) is 0 Å². The number of rotatable bonds is 8. The molecule has 1 aromatic carbocycles. The first-order valence-electron chi connectivity index (χ1n) is 9.91. The molecule has 0 spiro atoms. The van der Waals surface area contributed by atoms with Gasteiger partial charge in [-0.15, -0.1) is 0 Å². The molecule has 0 saturated heterocycles. The monoisotopic (exact) mass is 422 g/mol. The maximum absolute atomic E-state index is 12.7. The second kappa shape index (κ2) is 11.0. The van der Waals surface area contributed by atoms with Crippen LogP contribution in [0, 0.1) is 0 Å². The van der Waals surface area contributed by atoms with Crippen LogP contribution in [-0.4, -0.2) is 47.9 Å². The predicted molar refractivity (Wildman–Crippen MR) is 113 cm³/mol. The van der Waals surface area contributed by atoms with Gasteiger partial charge in [0.2, 0.25) is 5.91 Å². The van der Waals surface area contributed by atoms with Crippen LogP contribution in [0.1, 0.15) is 54.0 Å². The van der Waals surface area contributed by atoms with Crippen molar-refractivity contribution in [3.05, 3.63) is 35.9 Å². The molecule has 2 unspecified atom stereocenters. The Morgan fingerprint density at radius 1 is 0.933 bits per heavy atom. The fourth-order valence-electron chi connectivity index (χ4n) is 2.19. The van der Waals surface area contributed by atoms with Crippen molar-refractivity contribution < 1.29 is 28.6 Å². The highest BCUT2D eigenvalue weighted by Gasteiger charge is 2.29. The molecule has 0 radical (unpaired) electrons. The van der Waals surface area contributed by atoms with Crippen LogP contribution < -0.4 is 10.6 Å². The molecule has 2 atom stereocenters. The van der Waals surface area contributed by atoms with E-state index in [1.165, 1.54) is 6.92 Å². The Kier molecular flexibility index (Phi) is 9.29. The minimum Gasteiger partial charge on any atom is -0.458 e. The molecule has 0 aliphatic rings. The van der Waals surface area contributed by atoms with Crippen molar-refractivity contribution >= 4 is 18.0 Å². The molecule has 0 aromatic heterocycles. The van der Waals surface area contributed by atoms with Gasteiger partial charge < -0.3 is 24.8 Å². The number of nitrogens with one attached hydrogen (secondary N) is 2. The molecule has 8 nitrogen and oxygen atoms in total. The maximum atomic E-state index is 12.7. The van der Waals surface area contributed by atoms with Crippen molar-refractivity contribution in [2.45, 2.75) is 78.4 Å². The normalized spacial score (nSPS) is 13.7. The lowest BCUT2D eigenvalue weighted by Crippen LogP contribution is -2.54. The summed E-state index contributed by atoms with van der Waals surface area (Å²) in [7, 11) is 0. The lowest BCUT2D eigenvalue weighted by molar-refractivity contribution is -0.158. The molecule has 2 amide bonds. The highest BCUT2D eigenvalue weighted by molar-refractivity contribution is 5.89. The fourth-order valence-corrected chi connectivity index (χ4v) is 2.19. The molecule has 0 aliphatic heterocycles. The molecule has 2 N–H and O–H groups in total. The van der Waals surface area contributed by atoms with Gasteiger partial charge in [-0.05, 0) is 54.0 Å². The van der Waals surface area contributed by atoms with Crippen LogP contribution in [0.15, 0.2) is 30.3 Å². The van der Waals surface area contributed by atoms with Gasteiger partial charge in [0.25, 0.3) is 0 Å². The van der Waals surface area contributed by atoms with Crippen LogP contribution in [-0.2, 0) is 30.4 Å². The van der Waals surface area contributed by atoms with Crippen LogP contribution in [0.5, 0.6) is 0 Å². The van der Waals surface area contributed by atoms with E-state index in [1.807, 2.05) is 51.1 Å². The third-order valence-corrected chi connectivity index (χ3v) is 3.62. The smallest absolute Gasteiger partial charge is 0.408 e. The number of ether oxygens (including phenoxy) is 3. The largest absolute Gasteiger partial charge is 0.458 e. The van der Waals surface area contributed by atoms with Crippen LogP contribution in [0.4, 0.5) is 4.79 Å². The number of carbonyl (C=O) groups excluding carboxylic acids is 3. The minimum absolute atomic E-state index is 0.0649. The van der Waals surface area contributed by atoms with Crippen molar-refractivity contribution in [1.82, 2.24) is 10.6 Å². The molecule has 30 heavy (non-hydrogen) atoms. The molecule has 0 heterocycles. The molecule has 168 valence electrons. The van der Waals surface area contributed by atoms with Gasteiger partial charge in [-0.2, -0.15) is 0 Å². The van der Waals surface area contributed by atoms with Gasteiger partial charge in [0.05, 0.1) is 12.2 Å². The zero-order valence-corrected chi connectivity index (χ0v) is 18.9. The first kappa shape index (κ1) is 25.4. The Hall–Kier alpha value is -2.61. The molecule has 0 fully saturated rings. The van der Waals surface area contributed by atoms with E-state index in [2.05, 4.69) is 10.6 Å². The first-order chi connectivity index (χ1) is 13.8. The molecule has 1 aromatic rings. The topological polar surface area (TPSA) is 103 Å². The van der Waals surface area contributed by atoms with Gasteiger partial charge in [0.1, 0.15) is 24.3 Å². The summed E-state index contributed by atoms with van der Waals surface area (Å²) in [6.45, 7) is 12.2. The zero-order chi connectivity index (χ0) is 22.9. The van der Waals surface area contributed by atoms with E-state index < -0.39 is 41.3 Å². The second-order valence-corrected chi connectivity index (χ2v) is 8.95. The van der Waals surface area contributed by atoms with Crippen molar-refractivity contribution in [2.24, 2.45) is 0 Å². The van der Waals surface area contributed by atoms with Crippen molar-refractivity contribution in [3.63, 3.8) is 0 Å². The number of hydrogen-bond donors (Lipinski definition) is 2. The molecule has 0 aliphatic carbocycles. The van der Waals surface area contributed by atoms with Gasteiger partial charge in [-0.1, -0.05) is 30.3 Å². The summed E-state index contributed by atoms with van der Waals surface area (Å²) in [5.41, 5.74) is -0.381. The Morgan fingerprint density at radius 3 is 2.07 bits per heavy atom. The number of benzene rings is 1. The predicted octanol–water partition coefficient (Wildman–Crippen LogP) is 2.94. The Bertz CT molecular complexity index is 707. The fraction of sp³-hybridized carbons (Fsp3) is 0.591. The first-order valence-corrected chi connectivity index (χ1v) is 9.91. The summed E-state index contributed by atoms with van der Waals surface area (Å²) in [5, 5.41) is 5.06.